The Labute approximate surface area is 122 Å². The normalized spacial score (nSPS) is 16.9. The third-order valence-electron chi connectivity index (χ3n) is 3.23. The van der Waals surface area contributed by atoms with Crippen molar-refractivity contribution in [1.82, 2.24) is 15.6 Å². The van der Waals surface area contributed by atoms with Gasteiger partial charge in [0.1, 0.15) is 0 Å². The molecular formula is C15H15ClN4. The van der Waals surface area contributed by atoms with Gasteiger partial charge in [0.05, 0.1) is 11.7 Å². The van der Waals surface area contributed by atoms with Crippen LogP contribution in [0.15, 0.2) is 47.7 Å². The van der Waals surface area contributed by atoms with E-state index in [0.717, 1.165) is 27.8 Å². The van der Waals surface area contributed by atoms with Gasteiger partial charge in [0, 0.05) is 29.5 Å². The van der Waals surface area contributed by atoms with Gasteiger partial charge in [-0.05, 0) is 30.7 Å². The van der Waals surface area contributed by atoms with Crippen molar-refractivity contribution in [3.8, 4) is 0 Å². The van der Waals surface area contributed by atoms with Crippen molar-refractivity contribution < 1.29 is 0 Å². The molecule has 1 unspecified atom stereocenters. The predicted octanol–water partition coefficient (Wildman–Crippen LogP) is 3.18. The molecule has 0 aliphatic carbocycles. The lowest BCUT2D eigenvalue weighted by atomic mass is 10.1. The highest BCUT2D eigenvalue weighted by Gasteiger charge is 2.20. The highest BCUT2D eigenvalue weighted by Crippen LogP contribution is 2.34. The first-order valence-corrected chi connectivity index (χ1v) is 6.88. The molecule has 2 heterocycles. The lowest BCUT2D eigenvalue weighted by Crippen LogP contribution is -2.40. The minimum atomic E-state index is 0.132. The van der Waals surface area contributed by atoms with Gasteiger partial charge in [-0.2, -0.15) is 0 Å². The maximum absolute atomic E-state index is 6.22. The van der Waals surface area contributed by atoms with Crippen LogP contribution in [0.5, 0.6) is 0 Å². The van der Waals surface area contributed by atoms with Crippen LogP contribution in [0.3, 0.4) is 0 Å². The number of benzene rings is 1. The second kappa shape index (κ2) is 5.51. The number of pyridine rings is 1. The first kappa shape index (κ1) is 12.9. The Bertz CT molecular complexity index is 640. The Hall–Kier alpha value is -2.07. The molecule has 4 nitrogen and oxygen atoms in total. The third kappa shape index (κ3) is 2.60. The summed E-state index contributed by atoms with van der Waals surface area (Å²) in [6, 6.07) is 9.86. The first-order chi connectivity index (χ1) is 9.74. The molecule has 2 N–H and O–H groups in total. The van der Waals surface area contributed by atoms with Crippen LogP contribution in [0.25, 0.3) is 0 Å². The highest BCUT2D eigenvalue weighted by molar-refractivity contribution is 6.31. The topological polar surface area (TPSA) is 49.3 Å². The standard InChI is InChI=1S/C15H15ClN4/c1-10-14-12(16)5-2-6-13(14)20-15(19-10)18-9-11-4-3-7-17-8-11/h2-8,10H,9H2,1H3,(H2,18,19,20). The zero-order valence-corrected chi connectivity index (χ0v) is 11.9. The van der Waals surface area contributed by atoms with Crippen LogP contribution in [0.4, 0.5) is 5.69 Å². The number of rotatable bonds is 2. The number of nitrogens with one attached hydrogen (secondary N) is 2. The molecule has 0 bridgehead atoms. The second-order valence-electron chi connectivity index (χ2n) is 4.71. The summed E-state index contributed by atoms with van der Waals surface area (Å²) in [6.45, 7) is 2.76. The van der Waals surface area contributed by atoms with Gasteiger partial charge in [-0.25, -0.2) is 4.99 Å². The van der Waals surface area contributed by atoms with Crippen LogP contribution in [0.1, 0.15) is 24.1 Å². The SMILES string of the molecule is CC1NC(NCc2cccnc2)=Nc2cccc(Cl)c21. The fourth-order valence-corrected chi connectivity index (χ4v) is 2.59. The number of guanidine groups is 1. The van der Waals surface area contributed by atoms with Gasteiger partial charge in [0.2, 0.25) is 0 Å². The molecule has 0 fully saturated rings. The van der Waals surface area contributed by atoms with Crippen molar-refractivity contribution >= 4 is 23.2 Å². The van der Waals surface area contributed by atoms with Crippen molar-refractivity contribution in [3.05, 3.63) is 58.9 Å². The summed E-state index contributed by atoms with van der Waals surface area (Å²) in [5.74, 6) is 0.760. The van der Waals surface area contributed by atoms with E-state index in [1.54, 1.807) is 6.20 Å². The molecule has 3 rings (SSSR count). The minimum absolute atomic E-state index is 0.132. The molecule has 102 valence electrons. The van der Waals surface area contributed by atoms with Gasteiger partial charge in [0.15, 0.2) is 5.96 Å². The molecule has 20 heavy (non-hydrogen) atoms. The summed E-state index contributed by atoms with van der Waals surface area (Å²) in [5.41, 5.74) is 3.07. The summed E-state index contributed by atoms with van der Waals surface area (Å²) in [6.07, 6.45) is 3.60. The molecule has 1 aliphatic heterocycles. The van der Waals surface area contributed by atoms with E-state index in [-0.39, 0.29) is 6.04 Å². The van der Waals surface area contributed by atoms with Gasteiger partial charge >= 0.3 is 0 Å². The quantitative estimate of drug-likeness (QED) is 0.891. The molecule has 1 aromatic heterocycles. The van der Waals surface area contributed by atoms with Crippen LogP contribution >= 0.6 is 11.6 Å². The molecule has 0 saturated heterocycles. The zero-order chi connectivity index (χ0) is 13.9. The van der Waals surface area contributed by atoms with Gasteiger partial charge in [-0.15, -0.1) is 0 Å². The Kier molecular flexibility index (Phi) is 3.56. The highest BCUT2D eigenvalue weighted by atomic mass is 35.5. The van der Waals surface area contributed by atoms with Crippen molar-refractivity contribution in [2.45, 2.75) is 19.5 Å². The molecule has 1 atom stereocenters. The lowest BCUT2D eigenvalue weighted by molar-refractivity contribution is 0.674. The minimum Gasteiger partial charge on any atom is -0.352 e. The Morgan fingerprint density at radius 1 is 1.30 bits per heavy atom. The Morgan fingerprint density at radius 3 is 3.00 bits per heavy atom. The molecule has 0 saturated carbocycles. The summed E-state index contributed by atoms with van der Waals surface area (Å²) in [7, 11) is 0. The molecule has 1 aliphatic rings. The summed E-state index contributed by atoms with van der Waals surface area (Å²) in [5, 5.41) is 7.35. The number of halogens is 1. The van der Waals surface area contributed by atoms with Crippen LogP contribution < -0.4 is 10.6 Å². The second-order valence-corrected chi connectivity index (χ2v) is 5.12. The predicted molar refractivity (Wildman–Crippen MR) is 81.2 cm³/mol. The number of nitrogens with zero attached hydrogens (tertiary/aromatic N) is 2. The van der Waals surface area contributed by atoms with Crippen molar-refractivity contribution in [2.24, 2.45) is 4.99 Å². The molecule has 5 heteroatoms. The zero-order valence-electron chi connectivity index (χ0n) is 11.1. The van der Waals surface area contributed by atoms with Crippen LogP contribution in [-0.4, -0.2) is 10.9 Å². The van der Waals surface area contributed by atoms with Crippen LogP contribution in [0.2, 0.25) is 5.02 Å². The average molecular weight is 287 g/mol. The number of fused-ring (bicyclic) bond motifs is 1. The van der Waals surface area contributed by atoms with Gasteiger partial charge in [-0.3, -0.25) is 4.98 Å². The van der Waals surface area contributed by atoms with E-state index in [1.165, 1.54) is 0 Å². The van der Waals surface area contributed by atoms with Crippen LogP contribution in [-0.2, 0) is 6.54 Å². The maximum atomic E-state index is 6.22. The van der Waals surface area contributed by atoms with E-state index >= 15 is 0 Å². The molecule has 0 radical (unpaired) electrons. The molecule has 0 amide bonds. The van der Waals surface area contributed by atoms with Gasteiger partial charge in [0.25, 0.3) is 0 Å². The van der Waals surface area contributed by atoms with Crippen LogP contribution in [0, 0.1) is 0 Å². The average Bonchev–Trinajstić information content (AvgIpc) is 2.46. The fourth-order valence-electron chi connectivity index (χ4n) is 2.26. The molecule has 2 aromatic rings. The third-order valence-corrected chi connectivity index (χ3v) is 3.56. The van der Waals surface area contributed by atoms with E-state index in [9.17, 15) is 0 Å². The number of aromatic nitrogens is 1. The molecular weight excluding hydrogens is 272 g/mol. The Morgan fingerprint density at radius 2 is 2.20 bits per heavy atom. The monoisotopic (exact) mass is 286 g/mol. The van der Waals surface area contributed by atoms with Crippen molar-refractivity contribution in [3.63, 3.8) is 0 Å². The Balaban J connectivity index is 1.79. The maximum Gasteiger partial charge on any atom is 0.197 e. The summed E-state index contributed by atoms with van der Waals surface area (Å²) >= 11 is 6.22. The smallest absolute Gasteiger partial charge is 0.197 e. The van der Waals surface area contributed by atoms with Crippen molar-refractivity contribution in [1.29, 1.82) is 0 Å². The number of hydrogen-bond donors (Lipinski definition) is 2. The largest absolute Gasteiger partial charge is 0.352 e. The van der Waals surface area contributed by atoms with Gasteiger partial charge in [-0.1, -0.05) is 23.7 Å². The van der Waals surface area contributed by atoms with Gasteiger partial charge < -0.3 is 10.6 Å². The summed E-state index contributed by atoms with van der Waals surface area (Å²) < 4.78 is 0. The first-order valence-electron chi connectivity index (χ1n) is 6.50. The number of hydrogen-bond acceptors (Lipinski definition) is 4. The van der Waals surface area contributed by atoms with E-state index in [1.807, 2.05) is 36.5 Å². The fraction of sp³-hybridized carbons (Fsp3) is 0.200. The lowest BCUT2D eigenvalue weighted by Gasteiger charge is -2.25. The molecule has 1 aromatic carbocycles. The van der Waals surface area contributed by atoms with E-state index < -0.39 is 0 Å². The van der Waals surface area contributed by atoms with E-state index in [0.29, 0.717) is 6.54 Å². The van der Waals surface area contributed by atoms with Crippen molar-refractivity contribution in [2.75, 3.05) is 0 Å². The summed E-state index contributed by atoms with van der Waals surface area (Å²) in [4.78, 5) is 8.65. The van der Waals surface area contributed by atoms with E-state index in [2.05, 4.69) is 27.5 Å². The van der Waals surface area contributed by atoms with E-state index in [4.69, 9.17) is 11.6 Å². The molecule has 0 spiro atoms. The number of aliphatic imine (C=N–C) groups is 1.